The Morgan fingerprint density at radius 1 is 1.09 bits per heavy atom. The van der Waals surface area contributed by atoms with Crippen molar-refractivity contribution in [3.8, 4) is 11.5 Å². The van der Waals surface area contributed by atoms with Crippen LogP contribution >= 0.6 is 11.6 Å². The van der Waals surface area contributed by atoms with Crippen molar-refractivity contribution in [3.05, 3.63) is 58.4 Å². The van der Waals surface area contributed by atoms with Gasteiger partial charge in [0.05, 0.1) is 11.6 Å². The second-order valence-corrected chi connectivity index (χ2v) is 6.16. The van der Waals surface area contributed by atoms with Crippen molar-refractivity contribution < 1.29 is 14.2 Å². The lowest BCUT2D eigenvalue weighted by Crippen LogP contribution is -2.19. The molecule has 23 heavy (non-hydrogen) atoms. The molecule has 0 aliphatic carbocycles. The van der Waals surface area contributed by atoms with Gasteiger partial charge in [-0.3, -0.25) is 4.90 Å². The molecule has 0 aromatic heterocycles. The predicted molar refractivity (Wildman–Crippen MR) is 88.4 cm³/mol. The Hall–Kier alpha value is -1.62. The highest BCUT2D eigenvalue weighted by molar-refractivity contribution is 6.31. The maximum absolute atomic E-state index is 14.4. The second-order valence-electron chi connectivity index (χ2n) is 5.75. The van der Waals surface area contributed by atoms with Gasteiger partial charge in [0.2, 0.25) is 0 Å². The Kier molecular flexibility index (Phi) is 5.16. The average Bonchev–Trinajstić information content (AvgIpc) is 3.05. The maximum Gasteiger partial charge on any atom is 0.132 e. The van der Waals surface area contributed by atoms with E-state index in [2.05, 4.69) is 4.90 Å². The standard InChI is InChI=1S/C18H19ClFNO2/c19-17-9-15(23-14-5-3-13(12-22)4-6-14)10-18(20)16(17)11-21-7-1-2-8-21/h3-6,9-10,22H,1-2,7-8,11-12H2. The number of hydrogen-bond acceptors (Lipinski definition) is 3. The molecular formula is C18H19ClFNO2. The molecule has 3 rings (SSSR count). The van der Waals surface area contributed by atoms with Gasteiger partial charge in [0.15, 0.2) is 0 Å². The van der Waals surface area contributed by atoms with E-state index in [4.69, 9.17) is 21.4 Å². The van der Waals surface area contributed by atoms with E-state index in [1.165, 1.54) is 6.07 Å². The zero-order valence-electron chi connectivity index (χ0n) is 12.8. The summed E-state index contributed by atoms with van der Waals surface area (Å²) in [5, 5.41) is 9.41. The van der Waals surface area contributed by atoms with Crippen LogP contribution in [-0.4, -0.2) is 23.1 Å². The third-order valence-corrected chi connectivity index (χ3v) is 4.37. The summed E-state index contributed by atoms with van der Waals surface area (Å²) in [7, 11) is 0. The molecule has 1 heterocycles. The quantitative estimate of drug-likeness (QED) is 0.881. The van der Waals surface area contributed by atoms with Gasteiger partial charge in [-0.2, -0.15) is 0 Å². The molecule has 1 aliphatic rings. The van der Waals surface area contributed by atoms with Gasteiger partial charge in [-0.25, -0.2) is 4.39 Å². The highest BCUT2D eigenvalue weighted by Crippen LogP contribution is 2.30. The number of likely N-dealkylation sites (tertiary alicyclic amines) is 1. The molecule has 0 saturated carbocycles. The lowest BCUT2D eigenvalue weighted by Gasteiger charge is -2.17. The normalized spacial score (nSPS) is 15.1. The van der Waals surface area contributed by atoms with Crippen molar-refractivity contribution >= 4 is 11.6 Å². The van der Waals surface area contributed by atoms with Crippen LogP contribution in [0, 0.1) is 5.82 Å². The zero-order valence-corrected chi connectivity index (χ0v) is 13.5. The summed E-state index contributed by atoms with van der Waals surface area (Å²) in [5.41, 5.74) is 1.32. The molecule has 2 aromatic rings. The number of rotatable bonds is 5. The monoisotopic (exact) mass is 335 g/mol. The van der Waals surface area contributed by atoms with Crippen LogP contribution in [0.5, 0.6) is 11.5 Å². The number of benzene rings is 2. The third-order valence-electron chi connectivity index (χ3n) is 4.04. The summed E-state index contributed by atoms with van der Waals surface area (Å²) in [6.45, 7) is 2.50. The molecule has 2 aromatic carbocycles. The Labute approximate surface area is 140 Å². The first kappa shape index (κ1) is 16.2. The van der Waals surface area contributed by atoms with Crippen LogP contribution < -0.4 is 4.74 Å². The molecule has 0 spiro atoms. The fourth-order valence-corrected chi connectivity index (χ4v) is 3.01. The van der Waals surface area contributed by atoms with E-state index in [0.717, 1.165) is 31.5 Å². The molecule has 122 valence electrons. The van der Waals surface area contributed by atoms with E-state index in [1.54, 1.807) is 30.3 Å². The summed E-state index contributed by atoms with van der Waals surface area (Å²) < 4.78 is 20.0. The van der Waals surface area contributed by atoms with Crippen molar-refractivity contribution in [1.29, 1.82) is 0 Å². The maximum atomic E-state index is 14.4. The molecule has 3 nitrogen and oxygen atoms in total. The summed E-state index contributed by atoms with van der Waals surface area (Å²) in [5.74, 6) is 0.603. The van der Waals surface area contributed by atoms with Gasteiger partial charge in [0.1, 0.15) is 17.3 Å². The Bertz CT molecular complexity index is 646. The molecular weight excluding hydrogens is 317 g/mol. The molecule has 1 saturated heterocycles. The number of aliphatic hydroxyl groups excluding tert-OH is 1. The largest absolute Gasteiger partial charge is 0.457 e. The molecule has 0 unspecified atom stereocenters. The van der Waals surface area contributed by atoms with Crippen LogP contribution in [0.25, 0.3) is 0 Å². The lowest BCUT2D eigenvalue weighted by atomic mass is 10.2. The molecule has 0 bridgehead atoms. The first-order valence-corrected chi connectivity index (χ1v) is 8.11. The van der Waals surface area contributed by atoms with Crippen molar-refractivity contribution in [3.63, 3.8) is 0 Å². The Balaban J connectivity index is 1.75. The van der Waals surface area contributed by atoms with Crippen LogP contribution in [0.3, 0.4) is 0 Å². The fourth-order valence-electron chi connectivity index (χ4n) is 2.75. The summed E-state index contributed by atoms with van der Waals surface area (Å²) in [6.07, 6.45) is 2.31. The van der Waals surface area contributed by atoms with Crippen LogP contribution in [0.4, 0.5) is 4.39 Å². The number of hydrogen-bond donors (Lipinski definition) is 1. The van der Waals surface area contributed by atoms with Crippen LogP contribution in [0.15, 0.2) is 36.4 Å². The predicted octanol–water partition coefficient (Wildman–Crippen LogP) is 4.36. The van der Waals surface area contributed by atoms with Crippen molar-refractivity contribution in [1.82, 2.24) is 4.90 Å². The molecule has 0 amide bonds. The first-order chi connectivity index (χ1) is 11.2. The number of ether oxygens (including phenoxy) is 1. The minimum atomic E-state index is -0.341. The number of nitrogens with zero attached hydrogens (tertiary/aromatic N) is 1. The lowest BCUT2D eigenvalue weighted by molar-refractivity contribution is 0.281. The fraction of sp³-hybridized carbons (Fsp3) is 0.333. The van der Waals surface area contributed by atoms with E-state index in [9.17, 15) is 4.39 Å². The average molecular weight is 336 g/mol. The van der Waals surface area contributed by atoms with Gasteiger partial charge in [-0.1, -0.05) is 23.7 Å². The van der Waals surface area contributed by atoms with E-state index < -0.39 is 0 Å². The van der Waals surface area contributed by atoms with E-state index in [-0.39, 0.29) is 12.4 Å². The molecule has 0 radical (unpaired) electrons. The van der Waals surface area contributed by atoms with Crippen molar-refractivity contribution in [2.24, 2.45) is 0 Å². The van der Waals surface area contributed by atoms with E-state index in [0.29, 0.717) is 28.6 Å². The molecule has 1 aliphatic heterocycles. The van der Waals surface area contributed by atoms with Gasteiger partial charge in [-0.15, -0.1) is 0 Å². The van der Waals surface area contributed by atoms with Gasteiger partial charge in [0, 0.05) is 18.2 Å². The SMILES string of the molecule is OCc1ccc(Oc2cc(F)c(CN3CCCC3)c(Cl)c2)cc1. The minimum absolute atomic E-state index is 0.0219. The van der Waals surface area contributed by atoms with E-state index >= 15 is 0 Å². The number of aliphatic hydroxyl groups is 1. The highest BCUT2D eigenvalue weighted by Gasteiger charge is 2.17. The molecule has 5 heteroatoms. The smallest absolute Gasteiger partial charge is 0.132 e. The van der Waals surface area contributed by atoms with Gasteiger partial charge in [-0.05, 0) is 49.7 Å². The van der Waals surface area contributed by atoms with Crippen LogP contribution in [0.2, 0.25) is 5.02 Å². The summed E-state index contributed by atoms with van der Waals surface area (Å²) in [4.78, 5) is 2.21. The highest BCUT2D eigenvalue weighted by atomic mass is 35.5. The molecule has 1 fully saturated rings. The topological polar surface area (TPSA) is 32.7 Å². The van der Waals surface area contributed by atoms with Gasteiger partial charge < -0.3 is 9.84 Å². The van der Waals surface area contributed by atoms with Crippen molar-refractivity contribution in [2.75, 3.05) is 13.1 Å². The van der Waals surface area contributed by atoms with Crippen LogP contribution in [0.1, 0.15) is 24.0 Å². The Morgan fingerprint density at radius 3 is 2.39 bits per heavy atom. The van der Waals surface area contributed by atoms with E-state index in [1.807, 2.05) is 0 Å². The molecule has 0 atom stereocenters. The summed E-state index contributed by atoms with van der Waals surface area (Å²) in [6, 6.07) is 10.0. The second kappa shape index (κ2) is 7.30. The van der Waals surface area contributed by atoms with Crippen LogP contribution in [-0.2, 0) is 13.2 Å². The van der Waals surface area contributed by atoms with Gasteiger partial charge in [0.25, 0.3) is 0 Å². The van der Waals surface area contributed by atoms with Gasteiger partial charge >= 0.3 is 0 Å². The zero-order chi connectivity index (χ0) is 16.2. The third kappa shape index (κ3) is 4.02. The Morgan fingerprint density at radius 2 is 1.78 bits per heavy atom. The summed E-state index contributed by atoms with van der Waals surface area (Å²) >= 11 is 6.25. The minimum Gasteiger partial charge on any atom is -0.457 e. The number of halogens is 2. The molecule has 1 N–H and O–H groups in total. The van der Waals surface area contributed by atoms with Crippen molar-refractivity contribution in [2.45, 2.75) is 26.0 Å². The first-order valence-electron chi connectivity index (χ1n) is 7.73.